The SMILES string of the molecule is CC(C)(CN)OCCc1ccc2c(c1)CCO2. The third-order valence-corrected chi connectivity index (χ3v) is 3.13. The summed E-state index contributed by atoms with van der Waals surface area (Å²) in [7, 11) is 0. The lowest BCUT2D eigenvalue weighted by Crippen LogP contribution is -2.34. The summed E-state index contributed by atoms with van der Waals surface area (Å²) in [5.41, 5.74) is 8.02. The molecule has 1 aliphatic rings. The molecule has 0 unspecified atom stereocenters. The molecular weight excluding hydrogens is 214 g/mol. The zero-order valence-electron chi connectivity index (χ0n) is 10.7. The molecule has 0 fully saturated rings. The average Bonchev–Trinajstić information content (AvgIpc) is 2.76. The topological polar surface area (TPSA) is 44.5 Å². The third kappa shape index (κ3) is 3.20. The zero-order valence-corrected chi connectivity index (χ0v) is 10.7. The molecule has 0 aromatic heterocycles. The van der Waals surface area contributed by atoms with E-state index in [0.717, 1.165) is 25.2 Å². The van der Waals surface area contributed by atoms with E-state index in [0.29, 0.717) is 13.2 Å². The van der Waals surface area contributed by atoms with Crippen LogP contribution in [0.15, 0.2) is 18.2 Å². The van der Waals surface area contributed by atoms with Crippen molar-refractivity contribution in [2.45, 2.75) is 32.3 Å². The van der Waals surface area contributed by atoms with Gasteiger partial charge in [0.2, 0.25) is 0 Å². The molecule has 17 heavy (non-hydrogen) atoms. The molecule has 1 aromatic carbocycles. The fraction of sp³-hybridized carbons (Fsp3) is 0.571. The Kier molecular flexibility index (Phi) is 3.69. The van der Waals surface area contributed by atoms with Gasteiger partial charge in [0.1, 0.15) is 5.75 Å². The normalized spacial score (nSPS) is 14.5. The van der Waals surface area contributed by atoms with Gasteiger partial charge in [-0.2, -0.15) is 0 Å². The molecule has 94 valence electrons. The van der Waals surface area contributed by atoms with E-state index in [1.165, 1.54) is 11.1 Å². The van der Waals surface area contributed by atoms with E-state index in [-0.39, 0.29) is 5.60 Å². The van der Waals surface area contributed by atoms with Gasteiger partial charge in [-0.25, -0.2) is 0 Å². The van der Waals surface area contributed by atoms with E-state index in [4.69, 9.17) is 15.2 Å². The molecular formula is C14H21NO2. The number of hydrogen-bond acceptors (Lipinski definition) is 3. The van der Waals surface area contributed by atoms with Gasteiger partial charge in [0, 0.05) is 13.0 Å². The first-order valence-electron chi connectivity index (χ1n) is 6.19. The second-order valence-electron chi connectivity index (χ2n) is 5.10. The first-order valence-corrected chi connectivity index (χ1v) is 6.19. The van der Waals surface area contributed by atoms with E-state index >= 15 is 0 Å². The number of rotatable bonds is 5. The van der Waals surface area contributed by atoms with Crippen LogP contribution < -0.4 is 10.5 Å². The smallest absolute Gasteiger partial charge is 0.122 e. The molecule has 3 nitrogen and oxygen atoms in total. The van der Waals surface area contributed by atoms with Gasteiger partial charge in [0.25, 0.3) is 0 Å². The molecule has 1 heterocycles. The fourth-order valence-electron chi connectivity index (χ4n) is 1.90. The Labute approximate surface area is 103 Å². The molecule has 2 N–H and O–H groups in total. The maximum atomic E-state index is 5.75. The molecule has 0 amide bonds. The Morgan fingerprint density at radius 3 is 3.00 bits per heavy atom. The highest BCUT2D eigenvalue weighted by atomic mass is 16.5. The Balaban J connectivity index is 1.88. The molecule has 0 atom stereocenters. The second-order valence-corrected chi connectivity index (χ2v) is 5.10. The second kappa shape index (κ2) is 5.07. The largest absolute Gasteiger partial charge is 0.493 e. The lowest BCUT2D eigenvalue weighted by molar-refractivity contribution is -0.00854. The summed E-state index contributed by atoms with van der Waals surface area (Å²) in [4.78, 5) is 0. The van der Waals surface area contributed by atoms with E-state index in [2.05, 4.69) is 18.2 Å². The van der Waals surface area contributed by atoms with Crippen LogP contribution in [0.3, 0.4) is 0 Å². The van der Waals surface area contributed by atoms with Crippen molar-refractivity contribution in [3.8, 4) is 5.75 Å². The van der Waals surface area contributed by atoms with Gasteiger partial charge in [0.15, 0.2) is 0 Å². The minimum absolute atomic E-state index is 0.222. The number of fused-ring (bicyclic) bond motifs is 1. The fourth-order valence-corrected chi connectivity index (χ4v) is 1.90. The van der Waals surface area contributed by atoms with Crippen molar-refractivity contribution in [3.63, 3.8) is 0 Å². The third-order valence-electron chi connectivity index (χ3n) is 3.13. The predicted molar refractivity (Wildman–Crippen MR) is 68.4 cm³/mol. The van der Waals surface area contributed by atoms with E-state index in [9.17, 15) is 0 Å². The van der Waals surface area contributed by atoms with Crippen molar-refractivity contribution in [2.24, 2.45) is 5.73 Å². The van der Waals surface area contributed by atoms with Gasteiger partial charge >= 0.3 is 0 Å². The molecule has 3 heteroatoms. The summed E-state index contributed by atoms with van der Waals surface area (Å²) >= 11 is 0. The Hall–Kier alpha value is -1.06. The number of ether oxygens (including phenoxy) is 2. The summed E-state index contributed by atoms with van der Waals surface area (Å²) in [5.74, 6) is 1.04. The van der Waals surface area contributed by atoms with Crippen molar-refractivity contribution < 1.29 is 9.47 Å². The Morgan fingerprint density at radius 2 is 2.24 bits per heavy atom. The molecule has 0 spiro atoms. The summed E-state index contributed by atoms with van der Waals surface area (Å²) in [6.45, 7) is 6.11. The van der Waals surface area contributed by atoms with Crippen LogP contribution in [0, 0.1) is 0 Å². The Morgan fingerprint density at radius 1 is 1.41 bits per heavy atom. The highest BCUT2D eigenvalue weighted by Gasteiger charge is 2.16. The molecule has 2 rings (SSSR count). The van der Waals surface area contributed by atoms with Crippen LogP contribution >= 0.6 is 0 Å². The molecule has 0 radical (unpaired) electrons. The van der Waals surface area contributed by atoms with Crippen LogP contribution in [-0.4, -0.2) is 25.4 Å². The highest BCUT2D eigenvalue weighted by molar-refractivity contribution is 5.39. The van der Waals surface area contributed by atoms with Crippen LogP contribution in [0.4, 0.5) is 0 Å². The minimum atomic E-state index is -0.222. The van der Waals surface area contributed by atoms with Crippen molar-refractivity contribution >= 4 is 0 Å². The average molecular weight is 235 g/mol. The molecule has 0 saturated carbocycles. The van der Waals surface area contributed by atoms with Crippen LogP contribution in [0.2, 0.25) is 0 Å². The number of hydrogen-bond donors (Lipinski definition) is 1. The number of benzene rings is 1. The van der Waals surface area contributed by atoms with E-state index < -0.39 is 0 Å². The monoisotopic (exact) mass is 235 g/mol. The summed E-state index contributed by atoms with van der Waals surface area (Å²) in [6.07, 6.45) is 1.95. The lowest BCUT2D eigenvalue weighted by atomic mass is 10.1. The standard InChI is InChI=1S/C14H21NO2/c1-14(2,10-15)17-8-5-11-3-4-13-12(9-11)6-7-16-13/h3-4,9H,5-8,10,15H2,1-2H3. The molecule has 1 aliphatic heterocycles. The summed E-state index contributed by atoms with van der Waals surface area (Å²) in [6, 6.07) is 6.40. The minimum Gasteiger partial charge on any atom is -0.493 e. The summed E-state index contributed by atoms with van der Waals surface area (Å²) in [5, 5.41) is 0. The molecule has 0 saturated heterocycles. The molecule has 0 bridgehead atoms. The van der Waals surface area contributed by atoms with Gasteiger partial charge in [-0.1, -0.05) is 12.1 Å². The summed E-state index contributed by atoms with van der Waals surface area (Å²) < 4.78 is 11.2. The van der Waals surface area contributed by atoms with Crippen molar-refractivity contribution in [1.82, 2.24) is 0 Å². The van der Waals surface area contributed by atoms with E-state index in [1.807, 2.05) is 13.8 Å². The van der Waals surface area contributed by atoms with Crippen molar-refractivity contribution in [1.29, 1.82) is 0 Å². The van der Waals surface area contributed by atoms with Gasteiger partial charge in [-0.3, -0.25) is 0 Å². The van der Waals surface area contributed by atoms with Gasteiger partial charge in [0.05, 0.1) is 18.8 Å². The maximum Gasteiger partial charge on any atom is 0.122 e. The number of nitrogens with two attached hydrogens (primary N) is 1. The van der Waals surface area contributed by atoms with E-state index in [1.54, 1.807) is 0 Å². The van der Waals surface area contributed by atoms with Crippen molar-refractivity contribution in [2.75, 3.05) is 19.8 Å². The predicted octanol–water partition coefficient (Wildman–Crippen LogP) is 1.92. The molecule has 0 aliphatic carbocycles. The van der Waals surface area contributed by atoms with Gasteiger partial charge in [-0.05, 0) is 37.5 Å². The quantitative estimate of drug-likeness (QED) is 0.848. The van der Waals surface area contributed by atoms with Crippen LogP contribution in [0.1, 0.15) is 25.0 Å². The maximum absolute atomic E-state index is 5.75. The highest BCUT2D eigenvalue weighted by Crippen LogP contribution is 2.26. The van der Waals surface area contributed by atoms with Crippen LogP contribution in [-0.2, 0) is 17.6 Å². The van der Waals surface area contributed by atoms with Crippen LogP contribution in [0.5, 0.6) is 5.75 Å². The first kappa shape index (κ1) is 12.4. The first-order chi connectivity index (χ1) is 8.11. The molecule has 1 aromatic rings. The zero-order chi connectivity index (χ0) is 12.3. The lowest BCUT2D eigenvalue weighted by Gasteiger charge is -2.23. The van der Waals surface area contributed by atoms with Gasteiger partial charge < -0.3 is 15.2 Å². The van der Waals surface area contributed by atoms with Gasteiger partial charge in [-0.15, -0.1) is 0 Å². The van der Waals surface area contributed by atoms with Crippen LogP contribution in [0.25, 0.3) is 0 Å². The Bertz CT molecular complexity index is 388. The van der Waals surface area contributed by atoms with Crippen molar-refractivity contribution in [3.05, 3.63) is 29.3 Å².